The minimum Gasteiger partial charge on any atom is -0.330 e. The second kappa shape index (κ2) is 6.08. The molecule has 138 valence electrons. The van der Waals surface area contributed by atoms with Gasteiger partial charge in [0.2, 0.25) is 5.91 Å². The topological polar surface area (TPSA) is 77.0 Å². The molecule has 2 N–H and O–H groups in total. The van der Waals surface area contributed by atoms with Crippen molar-refractivity contribution >= 4 is 5.91 Å². The maximum Gasteiger partial charge on any atom is 0.224 e. The molecule has 2 bridgehead atoms. The van der Waals surface area contributed by atoms with Crippen molar-refractivity contribution in [2.45, 2.75) is 44.3 Å². The lowest BCUT2D eigenvalue weighted by Crippen LogP contribution is -2.39. The van der Waals surface area contributed by atoms with Crippen molar-refractivity contribution in [2.24, 2.45) is 5.73 Å². The summed E-state index contributed by atoms with van der Waals surface area (Å²) in [7, 11) is 0. The highest BCUT2D eigenvalue weighted by molar-refractivity contribution is 5.78. The first-order chi connectivity index (χ1) is 12.3. The molecule has 1 saturated heterocycles. The molecule has 3 atom stereocenters. The Labute approximate surface area is 147 Å². The fraction of sp³-hybridized carbons (Fsp3) is 0.471. The van der Waals surface area contributed by atoms with E-state index in [9.17, 15) is 18.0 Å². The smallest absolute Gasteiger partial charge is 0.224 e. The lowest BCUT2D eigenvalue weighted by atomic mass is 10.0. The lowest BCUT2D eigenvalue weighted by Gasteiger charge is -2.28. The first-order valence-corrected chi connectivity index (χ1v) is 8.45. The van der Waals surface area contributed by atoms with Gasteiger partial charge in [0, 0.05) is 25.1 Å². The monoisotopic (exact) mass is 365 g/mol. The van der Waals surface area contributed by atoms with Crippen LogP contribution in [0.4, 0.5) is 13.2 Å². The number of halogens is 3. The van der Waals surface area contributed by atoms with Crippen molar-refractivity contribution in [1.29, 1.82) is 0 Å². The minimum absolute atomic E-state index is 0.00518. The van der Waals surface area contributed by atoms with Gasteiger partial charge < -0.3 is 15.2 Å². The number of nitrogens with zero attached hydrogens (tertiary/aromatic N) is 4. The predicted molar refractivity (Wildman–Crippen MR) is 85.5 cm³/mol. The van der Waals surface area contributed by atoms with Gasteiger partial charge in [0.1, 0.15) is 11.6 Å². The highest BCUT2D eigenvalue weighted by atomic mass is 19.2. The number of hydrogen-bond donors (Lipinski definition) is 1. The fourth-order valence-corrected chi connectivity index (χ4v) is 4.00. The Morgan fingerprint density at radius 2 is 2.00 bits per heavy atom. The standard InChI is InChI=1S/C17H18F3N5O/c1-8-22-23-17-15-5-11(25(8)17)7-24(15)16(26)4-10(21)2-9-3-13(19)14(20)6-12(9)18/h3,6,10-11,15H,2,4-5,7,21H2,1H3/t10-,11+,15+/m1/s1. The minimum atomic E-state index is -1.25. The number of aryl methyl sites for hydroxylation is 1. The summed E-state index contributed by atoms with van der Waals surface area (Å²) in [5, 5.41) is 8.21. The molecule has 1 aromatic heterocycles. The van der Waals surface area contributed by atoms with Gasteiger partial charge in [-0.2, -0.15) is 0 Å². The normalized spacial score (nSPS) is 22.0. The van der Waals surface area contributed by atoms with Crippen LogP contribution in [0.5, 0.6) is 0 Å². The molecule has 1 fully saturated rings. The zero-order chi connectivity index (χ0) is 18.6. The van der Waals surface area contributed by atoms with E-state index >= 15 is 0 Å². The van der Waals surface area contributed by atoms with Crippen LogP contribution in [-0.2, 0) is 11.2 Å². The Balaban J connectivity index is 1.42. The summed E-state index contributed by atoms with van der Waals surface area (Å²) in [4.78, 5) is 14.4. The average molecular weight is 365 g/mol. The van der Waals surface area contributed by atoms with E-state index in [2.05, 4.69) is 14.8 Å². The van der Waals surface area contributed by atoms with E-state index in [1.165, 1.54) is 0 Å². The number of rotatable bonds is 4. The third-order valence-electron chi connectivity index (χ3n) is 5.16. The van der Waals surface area contributed by atoms with Gasteiger partial charge in [0.25, 0.3) is 0 Å². The molecule has 1 amide bonds. The van der Waals surface area contributed by atoms with E-state index in [1.54, 1.807) is 4.90 Å². The molecule has 4 rings (SSSR count). The van der Waals surface area contributed by atoms with Gasteiger partial charge in [-0.15, -0.1) is 10.2 Å². The van der Waals surface area contributed by atoms with Crippen LogP contribution < -0.4 is 5.73 Å². The Bertz CT molecular complexity index is 884. The number of nitrogens with two attached hydrogens (primary N) is 1. The molecule has 0 unspecified atom stereocenters. The first-order valence-electron chi connectivity index (χ1n) is 8.45. The second-order valence-corrected chi connectivity index (χ2v) is 6.95. The van der Waals surface area contributed by atoms with Crippen LogP contribution in [0.2, 0.25) is 0 Å². The average Bonchev–Trinajstić information content (AvgIpc) is 3.25. The molecular weight excluding hydrogens is 347 g/mol. The summed E-state index contributed by atoms with van der Waals surface area (Å²) < 4.78 is 42.1. The number of aromatic nitrogens is 3. The lowest BCUT2D eigenvalue weighted by molar-refractivity contribution is -0.133. The number of likely N-dealkylation sites (tertiary alicyclic amines) is 1. The number of fused-ring (bicyclic) bond motifs is 5. The maximum atomic E-state index is 13.7. The summed E-state index contributed by atoms with van der Waals surface area (Å²) in [5.41, 5.74) is 5.93. The number of carbonyl (C=O) groups excluding carboxylic acids is 1. The van der Waals surface area contributed by atoms with Crippen LogP contribution in [0, 0.1) is 24.4 Å². The molecule has 0 spiro atoms. The van der Waals surface area contributed by atoms with Gasteiger partial charge in [-0.05, 0) is 31.4 Å². The van der Waals surface area contributed by atoms with Crippen molar-refractivity contribution in [2.75, 3.05) is 6.54 Å². The van der Waals surface area contributed by atoms with Gasteiger partial charge in [0.05, 0.1) is 12.1 Å². The molecule has 6 nitrogen and oxygen atoms in total. The van der Waals surface area contributed by atoms with Crippen LogP contribution in [0.15, 0.2) is 12.1 Å². The predicted octanol–water partition coefficient (Wildman–Crippen LogP) is 1.79. The quantitative estimate of drug-likeness (QED) is 0.838. The molecule has 2 aromatic rings. The second-order valence-electron chi connectivity index (χ2n) is 6.95. The Morgan fingerprint density at radius 3 is 2.77 bits per heavy atom. The van der Waals surface area contributed by atoms with Gasteiger partial charge in [-0.1, -0.05) is 0 Å². The van der Waals surface area contributed by atoms with E-state index in [1.807, 2.05) is 6.92 Å². The molecule has 2 aliphatic heterocycles. The first kappa shape index (κ1) is 17.0. The summed E-state index contributed by atoms with van der Waals surface area (Å²) in [6.07, 6.45) is 0.755. The van der Waals surface area contributed by atoms with Crippen LogP contribution >= 0.6 is 0 Å². The molecule has 2 aliphatic rings. The van der Waals surface area contributed by atoms with E-state index in [0.717, 1.165) is 24.1 Å². The summed E-state index contributed by atoms with van der Waals surface area (Å²) >= 11 is 0. The SMILES string of the molecule is Cc1nnc2n1[C@H]1C[C@@H]2N(C(=O)C[C@H](N)Cc2cc(F)c(F)cc2F)C1. The van der Waals surface area contributed by atoms with Gasteiger partial charge in [0.15, 0.2) is 17.5 Å². The van der Waals surface area contributed by atoms with E-state index in [0.29, 0.717) is 12.6 Å². The van der Waals surface area contributed by atoms with Crippen molar-refractivity contribution in [1.82, 2.24) is 19.7 Å². The summed E-state index contributed by atoms with van der Waals surface area (Å²) in [6, 6.07) is 0.654. The van der Waals surface area contributed by atoms with Gasteiger partial charge in [-0.25, -0.2) is 13.2 Å². The van der Waals surface area contributed by atoms with Crippen molar-refractivity contribution in [3.05, 3.63) is 46.8 Å². The number of carbonyl (C=O) groups is 1. The van der Waals surface area contributed by atoms with Crippen molar-refractivity contribution < 1.29 is 18.0 Å². The van der Waals surface area contributed by atoms with Crippen LogP contribution in [0.1, 0.15) is 42.1 Å². The zero-order valence-corrected chi connectivity index (χ0v) is 14.1. The molecule has 0 aliphatic carbocycles. The molecule has 0 radical (unpaired) electrons. The van der Waals surface area contributed by atoms with Crippen LogP contribution in [0.3, 0.4) is 0 Å². The third kappa shape index (κ3) is 2.66. The molecular formula is C17H18F3N5O. The number of hydrogen-bond acceptors (Lipinski definition) is 4. The largest absolute Gasteiger partial charge is 0.330 e. The van der Waals surface area contributed by atoms with Gasteiger partial charge in [-0.3, -0.25) is 4.79 Å². The summed E-state index contributed by atoms with van der Waals surface area (Å²) in [6.45, 7) is 2.46. The molecule has 26 heavy (non-hydrogen) atoms. The Hall–Kier alpha value is -2.42. The van der Waals surface area contributed by atoms with Crippen LogP contribution in [-0.4, -0.2) is 38.2 Å². The van der Waals surface area contributed by atoms with Crippen LogP contribution in [0.25, 0.3) is 0 Å². The Kier molecular flexibility index (Phi) is 3.98. The Morgan fingerprint density at radius 1 is 1.27 bits per heavy atom. The highest BCUT2D eigenvalue weighted by Crippen LogP contribution is 2.45. The molecule has 3 heterocycles. The van der Waals surface area contributed by atoms with E-state index < -0.39 is 23.5 Å². The molecule has 9 heteroatoms. The zero-order valence-electron chi connectivity index (χ0n) is 14.1. The van der Waals surface area contributed by atoms with E-state index in [-0.39, 0.29) is 36.4 Å². The maximum absolute atomic E-state index is 13.7. The number of benzene rings is 1. The van der Waals surface area contributed by atoms with Crippen molar-refractivity contribution in [3.63, 3.8) is 0 Å². The van der Waals surface area contributed by atoms with E-state index in [4.69, 9.17) is 5.73 Å². The number of amides is 1. The third-order valence-corrected chi connectivity index (χ3v) is 5.16. The van der Waals surface area contributed by atoms with Crippen molar-refractivity contribution in [3.8, 4) is 0 Å². The highest BCUT2D eigenvalue weighted by Gasteiger charge is 2.46. The fourth-order valence-electron chi connectivity index (χ4n) is 4.00. The summed E-state index contributed by atoms with van der Waals surface area (Å²) in [5.74, 6) is -1.78. The molecule has 0 saturated carbocycles. The van der Waals surface area contributed by atoms with Gasteiger partial charge >= 0.3 is 0 Å². The molecule has 1 aromatic carbocycles.